The van der Waals surface area contributed by atoms with E-state index in [1.54, 1.807) is 0 Å². The van der Waals surface area contributed by atoms with E-state index in [4.69, 9.17) is 0 Å². The van der Waals surface area contributed by atoms with Gasteiger partial charge in [0, 0.05) is 18.8 Å². The van der Waals surface area contributed by atoms with Crippen molar-refractivity contribution in [2.24, 2.45) is 0 Å². The second kappa shape index (κ2) is 6.84. The molecular weight excluding hydrogens is 286 g/mol. The molecule has 4 heteroatoms. The number of urea groups is 1. The van der Waals surface area contributed by atoms with Crippen LogP contribution < -0.4 is 10.2 Å². The van der Waals surface area contributed by atoms with Gasteiger partial charge in [0.05, 0.1) is 6.04 Å². The molecule has 2 amide bonds. The average molecular weight is 309 g/mol. The number of amides is 2. The molecule has 0 aromatic heterocycles. The Morgan fingerprint density at radius 3 is 2.57 bits per heavy atom. The van der Waals surface area contributed by atoms with Gasteiger partial charge in [-0.1, -0.05) is 48.5 Å². The van der Waals surface area contributed by atoms with Gasteiger partial charge in [0.25, 0.3) is 0 Å². The summed E-state index contributed by atoms with van der Waals surface area (Å²) in [6.07, 6.45) is 0.930. The van der Waals surface area contributed by atoms with Crippen molar-refractivity contribution in [2.75, 3.05) is 32.1 Å². The van der Waals surface area contributed by atoms with Crippen molar-refractivity contribution >= 4 is 11.7 Å². The molecule has 1 heterocycles. The number of nitrogens with zero attached hydrogens (tertiary/aromatic N) is 2. The lowest BCUT2D eigenvalue weighted by atomic mass is 10.1. The van der Waals surface area contributed by atoms with Gasteiger partial charge in [-0.05, 0) is 37.7 Å². The maximum absolute atomic E-state index is 12.6. The van der Waals surface area contributed by atoms with Crippen LogP contribution in [0.4, 0.5) is 10.5 Å². The third kappa shape index (κ3) is 3.37. The van der Waals surface area contributed by atoms with Gasteiger partial charge in [-0.15, -0.1) is 0 Å². The molecule has 2 aromatic rings. The summed E-state index contributed by atoms with van der Waals surface area (Å²) < 4.78 is 0. The normalized spacial score (nSPS) is 14.7. The van der Waals surface area contributed by atoms with Crippen molar-refractivity contribution in [3.05, 3.63) is 65.7 Å². The molecule has 0 fully saturated rings. The minimum atomic E-state index is -0.0160. The zero-order valence-corrected chi connectivity index (χ0v) is 13.7. The summed E-state index contributed by atoms with van der Waals surface area (Å²) >= 11 is 0. The van der Waals surface area contributed by atoms with Crippen molar-refractivity contribution < 1.29 is 4.79 Å². The predicted octanol–water partition coefficient (Wildman–Crippen LogP) is 3.06. The Morgan fingerprint density at radius 2 is 1.83 bits per heavy atom. The Labute approximate surface area is 137 Å². The van der Waals surface area contributed by atoms with Crippen LogP contribution in [-0.4, -0.2) is 38.1 Å². The molecule has 120 valence electrons. The van der Waals surface area contributed by atoms with Crippen LogP contribution in [0.5, 0.6) is 0 Å². The fourth-order valence-electron chi connectivity index (χ4n) is 3.10. The SMILES string of the molecule is CN(C)C(CNC(=O)N1CCc2ccccc21)c1ccccc1. The largest absolute Gasteiger partial charge is 0.336 e. The number of hydrogen-bond acceptors (Lipinski definition) is 2. The first-order valence-electron chi connectivity index (χ1n) is 8.01. The summed E-state index contributed by atoms with van der Waals surface area (Å²) in [5.41, 5.74) is 3.49. The van der Waals surface area contributed by atoms with Crippen LogP contribution in [0.3, 0.4) is 0 Å². The van der Waals surface area contributed by atoms with E-state index in [-0.39, 0.29) is 12.1 Å². The lowest BCUT2D eigenvalue weighted by Gasteiger charge is -2.26. The summed E-state index contributed by atoms with van der Waals surface area (Å²) in [6.45, 7) is 1.34. The molecule has 0 aliphatic carbocycles. The van der Waals surface area contributed by atoms with E-state index in [9.17, 15) is 4.79 Å². The Balaban J connectivity index is 1.67. The molecule has 1 unspecified atom stereocenters. The van der Waals surface area contributed by atoms with E-state index in [0.717, 1.165) is 18.7 Å². The van der Waals surface area contributed by atoms with Gasteiger partial charge in [-0.25, -0.2) is 4.79 Å². The number of hydrogen-bond donors (Lipinski definition) is 1. The number of para-hydroxylation sites is 1. The van der Waals surface area contributed by atoms with Gasteiger partial charge in [0.2, 0.25) is 0 Å². The Morgan fingerprint density at radius 1 is 1.13 bits per heavy atom. The van der Waals surface area contributed by atoms with Gasteiger partial charge in [-0.3, -0.25) is 4.90 Å². The number of anilines is 1. The maximum atomic E-state index is 12.6. The molecule has 0 bridgehead atoms. The van der Waals surface area contributed by atoms with E-state index in [1.165, 1.54) is 11.1 Å². The predicted molar refractivity (Wildman–Crippen MR) is 93.8 cm³/mol. The number of fused-ring (bicyclic) bond motifs is 1. The van der Waals surface area contributed by atoms with E-state index >= 15 is 0 Å². The first kappa shape index (κ1) is 15.6. The van der Waals surface area contributed by atoms with Crippen LogP contribution >= 0.6 is 0 Å². The second-order valence-corrected chi connectivity index (χ2v) is 6.11. The monoisotopic (exact) mass is 309 g/mol. The maximum Gasteiger partial charge on any atom is 0.321 e. The fourth-order valence-corrected chi connectivity index (χ4v) is 3.10. The molecular formula is C19H23N3O. The van der Waals surface area contributed by atoms with Crippen molar-refractivity contribution in [3.8, 4) is 0 Å². The number of carbonyl (C=O) groups excluding carboxylic acids is 1. The topological polar surface area (TPSA) is 35.6 Å². The van der Waals surface area contributed by atoms with Crippen molar-refractivity contribution in [1.29, 1.82) is 0 Å². The number of benzene rings is 2. The number of likely N-dealkylation sites (N-methyl/N-ethyl adjacent to an activating group) is 1. The number of carbonyl (C=O) groups is 1. The van der Waals surface area contributed by atoms with Crippen LogP contribution in [-0.2, 0) is 6.42 Å². The second-order valence-electron chi connectivity index (χ2n) is 6.11. The third-order valence-electron chi connectivity index (χ3n) is 4.39. The molecule has 1 atom stereocenters. The molecule has 0 radical (unpaired) electrons. The van der Waals surface area contributed by atoms with Crippen molar-refractivity contribution in [3.63, 3.8) is 0 Å². The zero-order valence-electron chi connectivity index (χ0n) is 13.7. The van der Waals surface area contributed by atoms with E-state index in [2.05, 4.69) is 28.4 Å². The quantitative estimate of drug-likeness (QED) is 0.942. The van der Waals surface area contributed by atoms with E-state index in [1.807, 2.05) is 55.4 Å². The summed E-state index contributed by atoms with van der Waals surface area (Å²) in [6, 6.07) is 18.5. The summed E-state index contributed by atoms with van der Waals surface area (Å²) in [7, 11) is 4.07. The van der Waals surface area contributed by atoms with Gasteiger partial charge >= 0.3 is 6.03 Å². The highest BCUT2D eigenvalue weighted by atomic mass is 16.2. The molecule has 4 nitrogen and oxygen atoms in total. The minimum absolute atomic E-state index is 0.0160. The molecule has 0 saturated carbocycles. The Kier molecular flexibility index (Phi) is 4.63. The molecule has 2 aromatic carbocycles. The van der Waals surface area contributed by atoms with E-state index in [0.29, 0.717) is 6.54 Å². The van der Waals surface area contributed by atoms with Gasteiger partial charge < -0.3 is 10.2 Å². The van der Waals surface area contributed by atoms with Crippen molar-refractivity contribution in [2.45, 2.75) is 12.5 Å². The van der Waals surface area contributed by atoms with Crippen LogP contribution in [0, 0.1) is 0 Å². The van der Waals surface area contributed by atoms with Crippen LogP contribution in [0.15, 0.2) is 54.6 Å². The standard InChI is InChI=1S/C19H23N3O/c1-21(2)18(15-8-4-3-5-9-15)14-20-19(23)22-13-12-16-10-6-7-11-17(16)22/h3-11,18H,12-14H2,1-2H3,(H,20,23). The summed E-state index contributed by atoms with van der Waals surface area (Å²) in [5, 5.41) is 3.09. The Bertz CT molecular complexity index is 669. The van der Waals surface area contributed by atoms with Crippen LogP contribution in [0.1, 0.15) is 17.2 Å². The lowest BCUT2D eigenvalue weighted by Crippen LogP contribution is -2.42. The summed E-state index contributed by atoms with van der Waals surface area (Å²) in [5.74, 6) is 0. The lowest BCUT2D eigenvalue weighted by molar-refractivity contribution is 0.238. The van der Waals surface area contributed by atoms with Gasteiger partial charge in [0.1, 0.15) is 0 Å². The molecule has 1 aliphatic rings. The molecule has 1 N–H and O–H groups in total. The zero-order chi connectivity index (χ0) is 16.2. The van der Waals surface area contributed by atoms with Crippen molar-refractivity contribution in [1.82, 2.24) is 10.2 Å². The molecule has 23 heavy (non-hydrogen) atoms. The first-order chi connectivity index (χ1) is 11.2. The fraction of sp³-hybridized carbons (Fsp3) is 0.316. The number of rotatable bonds is 4. The highest BCUT2D eigenvalue weighted by Gasteiger charge is 2.25. The molecule has 0 spiro atoms. The highest BCUT2D eigenvalue weighted by Crippen LogP contribution is 2.27. The highest BCUT2D eigenvalue weighted by molar-refractivity contribution is 5.94. The average Bonchev–Trinajstić information content (AvgIpc) is 2.99. The minimum Gasteiger partial charge on any atom is -0.336 e. The van der Waals surface area contributed by atoms with Crippen LogP contribution in [0.2, 0.25) is 0 Å². The van der Waals surface area contributed by atoms with Gasteiger partial charge in [0.15, 0.2) is 0 Å². The van der Waals surface area contributed by atoms with E-state index < -0.39 is 0 Å². The Hall–Kier alpha value is -2.33. The summed E-state index contributed by atoms with van der Waals surface area (Å²) in [4.78, 5) is 16.5. The molecule has 3 rings (SSSR count). The third-order valence-corrected chi connectivity index (χ3v) is 4.39. The van der Waals surface area contributed by atoms with Crippen LogP contribution in [0.25, 0.3) is 0 Å². The van der Waals surface area contributed by atoms with Gasteiger partial charge in [-0.2, -0.15) is 0 Å². The smallest absolute Gasteiger partial charge is 0.321 e. The number of nitrogens with one attached hydrogen (secondary N) is 1. The first-order valence-corrected chi connectivity index (χ1v) is 8.01. The molecule has 1 aliphatic heterocycles. The molecule has 0 saturated heterocycles.